The monoisotopic (exact) mass is 307 g/mol. The van der Waals surface area contributed by atoms with Crippen LogP contribution in [0, 0.1) is 0 Å². The summed E-state index contributed by atoms with van der Waals surface area (Å²) in [6, 6.07) is 0. The molecule has 1 fully saturated rings. The van der Waals surface area contributed by atoms with Gasteiger partial charge in [0.2, 0.25) is 5.91 Å². The van der Waals surface area contributed by atoms with Crippen LogP contribution in [0.15, 0.2) is 21.9 Å². The third-order valence-electron chi connectivity index (χ3n) is 2.22. The Hall–Kier alpha value is 0.0300. The number of hydrogen-bond donors (Lipinski definition) is 0. The Kier molecular flexibility index (Phi) is 2.69. The van der Waals surface area contributed by atoms with Gasteiger partial charge in [-0.25, -0.2) is 0 Å². The summed E-state index contributed by atoms with van der Waals surface area (Å²) in [5.41, 5.74) is 0. The van der Waals surface area contributed by atoms with Crippen molar-refractivity contribution >= 4 is 40.3 Å². The Balaban J connectivity index is 2.10. The minimum Gasteiger partial charge on any atom is -0.306 e. The Labute approximate surface area is 95.6 Å². The van der Waals surface area contributed by atoms with Gasteiger partial charge in [-0.2, -0.15) is 0 Å². The van der Waals surface area contributed by atoms with Gasteiger partial charge >= 0.3 is 0 Å². The molecule has 0 aliphatic carbocycles. The molecule has 2 aliphatic heterocycles. The van der Waals surface area contributed by atoms with Crippen molar-refractivity contribution in [3.05, 3.63) is 21.9 Å². The number of thioether (sulfide) groups is 1. The molecule has 0 aromatic rings. The van der Waals surface area contributed by atoms with Crippen LogP contribution < -0.4 is 0 Å². The van der Waals surface area contributed by atoms with Gasteiger partial charge in [0.05, 0.1) is 17.0 Å². The van der Waals surface area contributed by atoms with Gasteiger partial charge in [0.15, 0.2) is 0 Å². The average Bonchev–Trinajstić information content (AvgIpc) is 2.14. The molecular weight excluding hydrogens is 297 g/mol. The highest BCUT2D eigenvalue weighted by atomic mass is 127. The maximum Gasteiger partial charge on any atom is 0.230 e. The first-order valence-electron chi connectivity index (χ1n) is 4.19. The second kappa shape index (κ2) is 3.65. The summed E-state index contributed by atoms with van der Waals surface area (Å²) in [5.74, 6) is 0.252. The summed E-state index contributed by atoms with van der Waals surface area (Å²) in [5, 5.41) is 0.854. The average molecular weight is 307 g/mol. The van der Waals surface area contributed by atoms with E-state index < -0.39 is 0 Å². The van der Waals surface area contributed by atoms with Gasteiger partial charge in [0.1, 0.15) is 0 Å². The summed E-state index contributed by atoms with van der Waals surface area (Å²) in [4.78, 5) is 12.9. The number of halogens is 1. The Morgan fingerprint density at radius 2 is 2.62 bits per heavy atom. The van der Waals surface area contributed by atoms with Gasteiger partial charge in [-0.05, 0) is 29.5 Å². The van der Waals surface area contributed by atoms with Crippen LogP contribution >= 0.6 is 34.4 Å². The third kappa shape index (κ3) is 1.66. The molecule has 70 valence electrons. The molecule has 1 saturated heterocycles. The van der Waals surface area contributed by atoms with E-state index in [2.05, 4.69) is 41.7 Å². The maximum absolute atomic E-state index is 11.1. The summed E-state index contributed by atoms with van der Waals surface area (Å²) < 4.78 is 1.35. The van der Waals surface area contributed by atoms with Crippen molar-refractivity contribution in [3.63, 3.8) is 0 Å². The molecule has 0 saturated carbocycles. The fourth-order valence-corrected chi connectivity index (χ4v) is 3.37. The van der Waals surface area contributed by atoms with E-state index in [-0.39, 0.29) is 5.91 Å². The molecule has 0 aromatic heterocycles. The fraction of sp³-hybridized carbons (Fsp3) is 0.444. The lowest BCUT2D eigenvalue weighted by atomic mass is 10.2. The van der Waals surface area contributed by atoms with E-state index in [1.807, 2.05) is 22.9 Å². The zero-order chi connectivity index (χ0) is 9.42. The maximum atomic E-state index is 11.1. The molecule has 0 aromatic carbocycles. The molecule has 2 heterocycles. The second-order valence-electron chi connectivity index (χ2n) is 3.03. The molecule has 13 heavy (non-hydrogen) atoms. The second-order valence-corrected chi connectivity index (χ2v) is 5.60. The van der Waals surface area contributed by atoms with Crippen molar-refractivity contribution in [2.24, 2.45) is 0 Å². The Morgan fingerprint density at radius 1 is 1.85 bits per heavy atom. The number of amides is 1. The first-order chi connectivity index (χ1) is 6.22. The molecule has 2 aliphatic rings. The third-order valence-corrected chi connectivity index (χ3v) is 5.35. The molecule has 0 bridgehead atoms. The summed E-state index contributed by atoms with van der Waals surface area (Å²) >= 11 is 4.22. The van der Waals surface area contributed by atoms with E-state index in [1.165, 1.54) is 3.58 Å². The molecule has 1 amide bonds. The van der Waals surface area contributed by atoms with Crippen LogP contribution in [0.4, 0.5) is 0 Å². The first kappa shape index (κ1) is 9.58. The lowest BCUT2D eigenvalue weighted by Crippen LogP contribution is -2.49. The topological polar surface area (TPSA) is 20.3 Å². The fourth-order valence-electron chi connectivity index (χ4n) is 1.40. The van der Waals surface area contributed by atoms with Crippen molar-refractivity contribution in [2.45, 2.75) is 24.0 Å². The van der Waals surface area contributed by atoms with E-state index in [0.717, 1.165) is 0 Å². The van der Waals surface area contributed by atoms with Crippen LogP contribution in [-0.4, -0.2) is 21.4 Å². The van der Waals surface area contributed by atoms with Gasteiger partial charge in [0, 0.05) is 9.78 Å². The predicted octanol–water partition coefficient (Wildman–Crippen LogP) is 2.51. The van der Waals surface area contributed by atoms with E-state index in [1.54, 1.807) is 0 Å². The molecule has 2 nitrogen and oxygen atoms in total. The number of rotatable bonds is 1. The molecule has 2 rings (SSSR count). The van der Waals surface area contributed by atoms with Crippen molar-refractivity contribution in [1.82, 2.24) is 4.90 Å². The van der Waals surface area contributed by atoms with E-state index in [9.17, 15) is 4.79 Å². The molecule has 0 radical (unpaired) electrons. The number of fused-ring (bicyclic) bond motifs is 1. The zero-order valence-corrected chi connectivity index (χ0v) is 10.2. The molecule has 4 heteroatoms. The number of nitrogens with zero attached hydrogens (tertiary/aromatic N) is 1. The van der Waals surface area contributed by atoms with Crippen LogP contribution in [0.5, 0.6) is 0 Å². The highest BCUT2D eigenvalue weighted by molar-refractivity contribution is 14.1. The zero-order valence-electron chi connectivity index (χ0n) is 7.24. The number of allylic oxidation sites excluding steroid dienone is 1. The lowest BCUT2D eigenvalue weighted by Gasteiger charge is -2.41. The Bertz CT molecular complexity index is 300. The Morgan fingerprint density at radius 3 is 3.15 bits per heavy atom. The van der Waals surface area contributed by atoms with E-state index in [4.69, 9.17) is 0 Å². The van der Waals surface area contributed by atoms with E-state index >= 15 is 0 Å². The first-order valence-corrected chi connectivity index (χ1v) is 6.21. The predicted molar refractivity (Wildman–Crippen MR) is 63.5 cm³/mol. The van der Waals surface area contributed by atoms with Crippen molar-refractivity contribution in [1.29, 1.82) is 0 Å². The van der Waals surface area contributed by atoms with Crippen LogP contribution in [0.25, 0.3) is 0 Å². The summed E-state index contributed by atoms with van der Waals surface area (Å²) in [6.45, 7) is 2.05. The van der Waals surface area contributed by atoms with Crippen molar-refractivity contribution < 1.29 is 4.79 Å². The van der Waals surface area contributed by atoms with Crippen molar-refractivity contribution in [2.75, 3.05) is 0 Å². The summed E-state index contributed by atoms with van der Waals surface area (Å²) in [7, 11) is 0. The smallest absolute Gasteiger partial charge is 0.230 e. The number of hydrogen-bond acceptors (Lipinski definition) is 2. The van der Waals surface area contributed by atoms with Crippen LogP contribution in [0.2, 0.25) is 0 Å². The standard InChI is InChI=1S/C9H10INOS/c1-2-6(10)7-3-4-11-8(12)5-9(11)13-7/h2-4,7,9H,5H2,1H3/t7?,9-/m1/s1. The SMILES string of the molecule is CC=C(I)C1C=CN2C(=O)C[C@H]2S1. The normalized spacial score (nSPS) is 32.9. The van der Waals surface area contributed by atoms with Gasteiger partial charge in [0.25, 0.3) is 0 Å². The minimum absolute atomic E-state index is 0.252. The largest absolute Gasteiger partial charge is 0.306 e. The molecular formula is C9H10INOS. The molecule has 1 unspecified atom stereocenters. The number of carbonyl (C=O) groups is 1. The van der Waals surface area contributed by atoms with Gasteiger partial charge in [-0.15, -0.1) is 11.8 Å². The molecule has 0 N–H and O–H groups in total. The minimum atomic E-state index is 0.252. The summed E-state index contributed by atoms with van der Waals surface area (Å²) in [6.07, 6.45) is 6.86. The van der Waals surface area contributed by atoms with E-state index in [0.29, 0.717) is 17.0 Å². The molecule has 2 atom stereocenters. The van der Waals surface area contributed by atoms with Gasteiger partial charge in [-0.3, -0.25) is 4.79 Å². The molecule has 0 spiro atoms. The number of carbonyl (C=O) groups excluding carboxylic acids is 1. The van der Waals surface area contributed by atoms with Gasteiger partial charge in [-0.1, -0.05) is 12.2 Å². The highest BCUT2D eigenvalue weighted by Crippen LogP contribution is 2.40. The van der Waals surface area contributed by atoms with Crippen LogP contribution in [0.1, 0.15) is 13.3 Å². The van der Waals surface area contributed by atoms with Crippen LogP contribution in [-0.2, 0) is 4.79 Å². The van der Waals surface area contributed by atoms with Crippen molar-refractivity contribution in [3.8, 4) is 0 Å². The highest BCUT2D eigenvalue weighted by Gasteiger charge is 2.39. The number of β-lactam (4-membered cyclic amide) rings is 1. The lowest BCUT2D eigenvalue weighted by molar-refractivity contribution is -0.137. The van der Waals surface area contributed by atoms with Gasteiger partial charge < -0.3 is 4.90 Å². The quantitative estimate of drug-likeness (QED) is 0.548. The van der Waals surface area contributed by atoms with Crippen LogP contribution in [0.3, 0.4) is 0 Å².